The first-order valence-corrected chi connectivity index (χ1v) is 10.2. The minimum atomic E-state index is -3.26. The van der Waals surface area contributed by atoms with Crippen molar-refractivity contribution in [2.45, 2.75) is 18.2 Å². The van der Waals surface area contributed by atoms with E-state index in [1.54, 1.807) is 30.3 Å². The molecule has 0 radical (unpaired) electrons. The van der Waals surface area contributed by atoms with Crippen molar-refractivity contribution in [2.24, 2.45) is 0 Å². The standard InChI is InChI=1S/C21H19FO4S/c1-13-18(10-14-4-7-16(8-5-14)27(3,24)25)17-9-6-15(22)11-20(17)19(13)12-21(23)26-2/h4-11H,12H2,1-3H3/b18-10+. The molecule has 0 N–H and O–H groups in total. The number of methoxy groups -OCH3 is 1. The van der Waals surface area contributed by atoms with Gasteiger partial charge in [-0.2, -0.15) is 0 Å². The normalized spacial score (nSPS) is 15.2. The molecule has 0 amide bonds. The van der Waals surface area contributed by atoms with E-state index >= 15 is 0 Å². The number of hydrogen-bond donors (Lipinski definition) is 0. The maximum atomic E-state index is 13.8. The lowest BCUT2D eigenvalue weighted by Gasteiger charge is -2.05. The highest BCUT2D eigenvalue weighted by atomic mass is 32.2. The van der Waals surface area contributed by atoms with Gasteiger partial charge in [0, 0.05) is 6.26 Å². The number of carbonyl (C=O) groups excluding carboxylic acids is 1. The molecule has 0 saturated carbocycles. The number of fused-ring (bicyclic) bond motifs is 1. The molecule has 2 aromatic carbocycles. The monoisotopic (exact) mass is 386 g/mol. The van der Waals surface area contributed by atoms with E-state index in [-0.39, 0.29) is 17.1 Å². The van der Waals surface area contributed by atoms with Crippen LogP contribution in [0.15, 0.2) is 52.9 Å². The number of esters is 1. The zero-order chi connectivity index (χ0) is 19.8. The highest BCUT2D eigenvalue weighted by Crippen LogP contribution is 2.43. The van der Waals surface area contributed by atoms with Gasteiger partial charge in [0.25, 0.3) is 0 Å². The fourth-order valence-electron chi connectivity index (χ4n) is 3.18. The van der Waals surface area contributed by atoms with Crippen LogP contribution in [-0.2, 0) is 19.4 Å². The fourth-order valence-corrected chi connectivity index (χ4v) is 3.81. The number of halogens is 1. The number of rotatable bonds is 4. The first-order chi connectivity index (χ1) is 12.7. The van der Waals surface area contributed by atoms with Gasteiger partial charge in [0.15, 0.2) is 9.84 Å². The molecule has 0 heterocycles. The number of hydrogen-bond acceptors (Lipinski definition) is 4. The van der Waals surface area contributed by atoms with Gasteiger partial charge >= 0.3 is 5.97 Å². The van der Waals surface area contributed by atoms with Gasteiger partial charge in [-0.15, -0.1) is 0 Å². The number of ether oxygens (including phenoxy) is 1. The molecular formula is C21H19FO4S. The molecule has 0 saturated heterocycles. The Kier molecular flexibility index (Phi) is 5.02. The van der Waals surface area contributed by atoms with Crippen LogP contribution in [-0.4, -0.2) is 27.8 Å². The number of carbonyl (C=O) groups is 1. The Morgan fingerprint density at radius 2 is 1.78 bits per heavy atom. The van der Waals surface area contributed by atoms with E-state index in [0.29, 0.717) is 5.56 Å². The second-order valence-corrected chi connectivity index (χ2v) is 8.46. The molecule has 4 nitrogen and oxygen atoms in total. The third-order valence-corrected chi connectivity index (χ3v) is 5.75. The van der Waals surface area contributed by atoms with E-state index in [1.165, 1.54) is 19.2 Å². The third-order valence-electron chi connectivity index (χ3n) is 4.62. The van der Waals surface area contributed by atoms with Crippen molar-refractivity contribution in [1.29, 1.82) is 0 Å². The smallest absolute Gasteiger partial charge is 0.310 e. The lowest BCUT2D eigenvalue weighted by Crippen LogP contribution is -2.01. The van der Waals surface area contributed by atoms with Crippen molar-refractivity contribution in [3.8, 4) is 0 Å². The van der Waals surface area contributed by atoms with Crippen molar-refractivity contribution in [1.82, 2.24) is 0 Å². The number of benzene rings is 2. The summed E-state index contributed by atoms with van der Waals surface area (Å²) in [4.78, 5) is 12.0. The molecule has 140 valence electrons. The number of allylic oxidation sites excluding steroid dienone is 2. The Morgan fingerprint density at radius 1 is 1.11 bits per heavy atom. The Hall–Kier alpha value is -2.73. The van der Waals surface area contributed by atoms with Crippen molar-refractivity contribution in [3.05, 3.63) is 70.5 Å². The van der Waals surface area contributed by atoms with Gasteiger partial charge in [-0.1, -0.05) is 18.2 Å². The molecule has 27 heavy (non-hydrogen) atoms. The van der Waals surface area contributed by atoms with E-state index in [0.717, 1.165) is 34.1 Å². The van der Waals surface area contributed by atoms with E-state index in [2.05, 4.69) is 0 Å². The summed E-state index contributed by atoms with van der Waals surface area (Å²) in [6, 6.07) is 11.0. The van der Waals surface area contributed by atoms with Crippen LogP contribution in [0.25, 0.3) is 17.2 Å². The average Bonchev–Trinajstić information content (AvgIpc) is 2.86. The van der Waals surface area contributed by atoms with E-state index in [9.17, 15) is 17.6 Å². The summed E-state index contributed by atoms with van der Waals surface area (Å²) in [5, 5.41) is 0. The maximum absolute atomic E-state index is 13.8. The second-order valence-electron chi connectivity index (χ2n) is 6.45. The molecule has 3 rings (SSSR count). The van der Waals surface area contributed by atoms with Crippen LogP contribution in [0.2, 0.25) is 0 Å². The maximum Gasteiger partial charge on any atom is 0.310 e. The molecule has 0 spiro atoms. The molecular weight excluding hydrogens is 367 g/mol. The van der Waals surface area contributed by atoms with Gasteiger partial charge < -0.3 is 4.74 Å². The highest BCUT2D eigenvalue weighted by Gasteiger charge is 2.26. The Balaban J connectivity index is 2.09. The summed E-state index contributed by atoms with van der Waals surface area (Å²) in [6.45, 7) is 1.88. The van der Waals surface area contributed by atoms with Crippen LogP contribution in [0.3, 0.4) is 0 Å². The van der Waals surface area contributed by atoms with Crippen molar-refractivity contribution in [2.75, 3.05) is 13.4 Å². The molecule has 0 aromatic heterocycles. The molecule has 0 aliphatic heterocycles. The van der Waals surface area contributed by atoms with Gasteiger partial charge in [0.05, 0.1) is 18.4 Å². The third kappa shape index (κ3) is 3.85. The van der Waals surface area contributed by atoms with Gasteiger partial charge in [-0.05, 0) is 70.7 Å². The predicted molar refractivity (Wildman–Crippen MR) is 103 cm³/mol. The van der Waals surface area contributed by atoms with Crippen LogP contribution in [0.1, 0.15) is 30.0 Å². The first-order valence-electron chi connectivity index (χ1n) is 8.30. The summed E-state index contributed by atoms with van der Waals surface area (Å²) in [5.74, 6) is -0.763. The fraction of sp³-hybridized carbons (Fsp3) is 0.190. The number of sulfone groups is 1. The first kappa shape index (κ1) is 19.0. The predicted octanol–water partition coefficient (Wildman–Crippen LogP) is 4.12. The van der Waals surface area contributed by atoms with Crippen LogP contribution in [0, 0.1) is 5.82 Å². The second kappa shape index (κ2) is 7.12. The summed E-state index contributed by atoms with van der Waals surface area (Å²) in [7, 11) is -1.94. The van der Waals surface area contributed by atoms with E-state index in [1.807, 2.05) is 13.0 Å². The lowest BCUT2D eigenvalue weighted by atomic mass is 10.0. The average molecular weight is 386 g/mol. The van der Waals surface area contributed by atoms with Gasteiger partial charge in [-0.25, -0.2) is 12.8 Å². The minimum Gasteiger partial charge on any atom is -0.469 e. The van der Waals surface area contributed by atoms with Crippen molar-refractivity contribution in [3.63, 3.8) is 0 Å². The minimum absolute atomic E-state index is 0.0587. The zero-order valence-electron chi connectivity index (χ0n) is 15.2. The molecule has 1 aliphatic rings. The van der Waals surface area contributed by atoms with Gasteiger partial charge in [0.1, 0.15) is 5.82 Å². The summed E-state index contributed by atoms with van der Waals surface area (Å²) >= 11 is 0. The summed E-state index contributed by atoms with van der Waals surface area (Å²) in [6.07, 6.45) is 3.12. The lowest BCUT2D eigenvalue weighted by molar-refractivity contribution is -0.139. The van der Waals surface area contributed by atoms with Crippen molar-refractivity contribution < 1.29 is 22.3 Å². The van der Waals surface area contributed by atoms with Gasteiger partial charge in [-0.3, -0.25) is 4.79 Å². The SMILES string of the molecule is COC(=O)CC1=C(C)/C(=C\c2ccc(S(C)(=O)=O)cc2)c2ccc(F)cc21. The van der Waals surface area contributed by atoms with Crippen LogP contribution in [0.5, 0.6) is 0 Å². The molecule has 0 atom stereocenters. The Labute approximate surface area is 157 Å². The highest BCUT2D eigenvalue weighted by molar-refractivity contribution is 7.90. The van der Waals surface area contributed by atoms with Gasteiger partial charge in [0.2, 0.25) is 0 Å². The quantitative estimate of drug-likeness (QED) is 0.742. The zero-order valence-corrected chi connectivity index (χ0v) is 16.1. The summed E-state index contributed by atoms with van der Waals surface area (Å²) < 4.78 is 41.8. The van der Waals surface area contributed by atoms with Crippen LogP contribution < -0.4 is 0 Å². The summed E-state index contributed by atoms with van der Waals surface area (Å²) in [5.41, 5.74) is 4.79. The van der Waals surface area contributed by atoms with Crippen LogP contribution in [0.4, 0.5) is 4.39 Å². The van der Waals surface area contributed by atoms with E-state index < -0.39 is 15.8 Å². The Bertz CT molecular complexity index is 1080. The molecule has 0 bridgehead atoms. The largest absolute Gasteiger partial charge is 0.469 e. The Morgan fingerprint density at radius 3 is 2.37 bits per heavy atom. The molecule has 2 aromatic rings. The van der Waals surface area contributed by atoms with Crippen LogP contribution >= 0.6 is 0 Å². The molecule has 6 heteroatoms. The molecule has 0 unspecified atom stereocenters. The topological polar surface area (TPSA) is 60.4 Å². The van der Waals surface area contributed by atoms with Crippen molar-refractivity contribution >= 4 is 33.0 Å². The molecule has 1 aliphatic carbocycles. The molecule has 0 fully saturated rings. The van der Waals surface area contributed by atoms with E-state index in [4.69, 9.17) is 4.74 Å².